The highest BCUT2D eigenvalue weighted by atomic mass is 35.5. The van der Waals surface area contributed by atoms with Gasteiger partial charge in [-0.1, -0.05) is 48.8 Å². The van der Waals surface area contributed by atoms with E-state index in [1.165, 1.54) is 55.7 Å². The molecule has 1 aliphatic rings. The van der Waals surface area contributed by atoms with Gasteiger partial charge in [-0.15, -0.1) is 0 Å². The van der Waals surface area contributed by atoms with E-state index < -0.39 is 8.07 Å². The van der Waals surface area contributed by atoms with E-state index in [9.17, 15) is 0 Å². The molecule has 3 heteroatoms. The molecule has 0 bridgehead atoms. The summed E-state index contributed by atoms with van der Waals surface area (Å²) >= 11 is 6.35. The van der Waals surface area contributed by atoms with Gasteiger partial charge in [-0.2, -0.15) is 0 Å². The first-order valence-corrected chi connectivity index (χ1v) is 11.2. The predicted molar refractivity (Wildman–Crippen MR) is 87.7 cm³/mol. The third-order valence-corrected chi connectivity index (χ3v) is 6.98. The van der Waals surface area contributed by atoms with Gasteiger partial charge in [0.2, 0.25) is 0 Å². The summed E-state index contributed by atoms with van der Waals surface area (Å²) in [5, 5.41) is 0.949. The van der Waals surface area contributed by atoms with Crippen LogP contribution in [0.15, 0.2) is 18.2 Å². The van der Waals surface area contributed by atoms with Crippen molar-refractivity contribution in [3.05, 3.63) is 34.3 Å². The minimum Gasteiger partial charge on any atom is -0.306 e. The number of nitrogens with zero attached hydrogens (tertiary/aromatic N) is 1. The van der Waals surface area contributed by atoms with E-state index >= 15 is 0 Å². The lowest BCUT2D eigenvalue weighted by Gasteiger charge is -2.34. The third kappa shape index (κ3) is 4.62. The van der Waals surface area contributed by atoms with Crippen molar-refractivity contribution in [2.24, 2.45) is 0 Å². The smallest absolute Gasteiger partial charge is 0.0673 e. The maximum atomic E-state index is 6.35. The molecule has 0 aromatic heterocycles. The van der Waals surface area contributed by atoms with Crippen molar-refractivity contribution in [3.63, 3.8) is 0 Å². The fraction of sp³-hybridized carbons (Fsp3) is 0.625. The molecule has 0 atom stereocenters. The molecule has 0 amide bonds. The van der Waals surface area contributed by atoms with Crippen molar-refractivity contribution < 1.29 is 0 Å². The fourth-order valence-electron chi connectivity index (χ4n) is 3.13. The average molecular weight is 296 g/mol. The Bertz CT molecular complexity index is 425. The van der Waals surface area contributed by atoms with E-state index in [0.717, 1.165) is 5.02 Å². The van der Waals surface area contributed by atoms with Crippen LogP contribution in [0.3, 0.4) is 0 Å². The number of likely N-dealkylation sites (tertiary alicyclic amines) is 1. The second-order valence-electron chi connectivity index (χ2n) is 6.77. The molecule has 1 saturated heterocycles. The summed E-state index contributed by atoms with van der Waals surface area (Å²) in [5.74, 6) is 0. The second-order valence-corrected chi connectivity index (χ2v) is 12.2. The lowest BCUT2D eigenvalue weighted by molar-refractivity contribution is 0.258. The summed E-state index contributed by atoms with van der Waals surface area (Å²) in [7, 11) is -1.24. The number of hydrogen-bond acceptors (Lipinski definition) is 1. The first-order chi connectivity index (χ1) is 8.96. The van der Waals surface area contributed by atoms with Crippen LogP contribution < -0.4 is 0 Å². The zero-order valence-corrected chi connectivity index (χ0v) is 14.3. The molecule has 1 aromatic rings. The molecule has 1 aromatic carbocycles. The summed E-state index contributed by atoms with van der Waals surface area (Å²) < 4.78 is 0. The van der Waals surface area contributed by atoms with Crippen LogP contribution in [0.1, 0.15) is 30.4 Å². The van der Waals surface area contributed by atoms with Crippen LogP contribution in [0, 0.1) is 6.92 Å². The lowest BCUT2D eigenvalue weighted by Crippen LogP contribution is -2.46. The Balaban J connectivity index is 2.00. The highest BCUT2D eigenvalue weighted by molar-refractivity contribution is 6.77. The van der Waals surface area contributed by atoms with E-state index in [-0.39, 0.29) is 0 Å². The second kappa shape index (κ2) is 6.42. The van der Waals surface area contributed by atoms with E-state index in [1.807, 2.05) is 0 Å². The van der Waals surface area contributed by atoms with Crippen molar-refractivity contribution in [1.29, 1.82) is 0 Å². The largest absolute Gasteiger partial charge is 0.306 e. The van der Waals surface area contributed by atoms with Gasteiger partial charge in [0.25, 0.3) is 0 Å². The minimum absolute atomic E-state index is 0.949. The van der Waals surface area contributed by atoms with Gasteiger partial charge in [0, 0.05) is 5.02 Å². The summed E-state index contributed by atoms with van der Waals surface area (Å²) in [4.78, 5) is 2.68. The number of hydrogen-bond donors (Lipinski definition) is 0. The van der Waals surface area contributed by atoms with Gasteiger partial charge in [0.15, 0.2) is 0 Å². The Morgan fingerprint density at radius 3 is 2.53 bits per heavy atom. The predicted octanol–water partition coefficient (Wildman–Crippen LogP) is 4.46. The summed E-state index contributed by atoms with van der Waals surface area (Å²) in [6.07, 6.45) is 5.50. The van der Waals surface area contributed by atoms with E-state index in [4.69, 9.17) is 11.6 Å². The summed E-state index contributed by atoms with van der Waals surface area (Å²) in [5.41, 5.74) is 2.68. The highest BCUT2D eigenvalue weighted by Gasteiger charge is 2.26. The number of benzene rings is 1. The molecule has 0 N–H and O–H groups in total. The van der Waals surface area contributed by atoms with Crippen LogP contribution in [0.4, 0.5) is 0 Å². The minimum atomic E-state index is -1.24. The monoisotopic (exact) mass is 295 g/mol. The Hall–Kier alpha value is -0.313. The van der Waals surface area contributed by atoms with Crippen molar-refractivity contribution >= 4 is 19.7 Å². The van der Waals surface area contributed by atoms with Gasteiger partial charge in [-0.25, -0.2) is 0 Å². The average Bonchev–Trinajstić information content (AvgIpc) is 2.34. The van der Waals surface area contributed by atoms with Crippen LogP contribution in [0.5, 0.6) is 0 Å². The van der Waals surface area contributed by atoms with E-state index in [1.54, 1.807) is 0 Å². The fourth-order valence-corrected chi connectivity index (χ4v) is 6.39. The van der Waals surface area contributed by atoms with Crippen LogP contribution in [0.25, 0.3) is 0 Å². The molecule has 1 aliphatic heterocycles. The Morgan fingerprint density at radius 1 is 1.16 bits per heavy atom. The van der Waals surface area contributed by atoms with Gasteiger partial charge in [0.1, 0.15) is 0 Å². The number of aryl methyl sites for hydroxylation is 1. The molecule has 2 rings (SSSR count). The van der Waals surface area contributed by atoms with Crippen molar-refractivity contribution in [2.75, 3.05) is 19.3 Å². The SMILES string of the molecule is Cc1ccc(Cl)c(C[Si](C)(C)CN2CCCCC2)c1. The number of piperidine rings is 1. The number of rotatable bonds is 4. The summed E-state index contributed by atoms with van der Waals surface area (Å²) in [6, 6.07) is 7.62. The van der Waals surface area contributed by atoms with Crippen molar-refractivity contribution in [3.8, 4) is 0 Å². The van der Waals surface area contributed by atoms with Crippen LogP contribution in [-0.4, -0.2) is 32.2 Å². The molecular formula is C16H26ClNSi. The molecule has 106 valence electrons. The van der Waals surface area contributed by atoms with Gasteiger partial charge in [0.05, 0.1) is 8.07 Å². The Labute approximate surface area is 124 Å². The quantitative estimate of drug-likeness (QED) is 0.741. The van der Waals surface area contributed by atoms with Crippen LogP contribution in [-0.2, 0) is 6.04 Å². The Kier molecular flexibility index (Phi) is 5.10. The van der Waals surface area contributed by atoms with E-state index in [2.05, 4.69) is 43.1 Å². The van der Waals surface area contributed by atoms with Gasteiger partial charge >= 0.3 is 0 Å². The van der Waals surface area contributed by atoms with Crippen LogP contribution >= 0.6 is 11.6 Å². The normalized spacial score (nSPS) is 17.7. The standard InChI is InChI=1S/C16H26ClNSi/c1-14-7-8-16(17)15(11-14)12-19(2,3)13-18-9-5-4-6-10-18/h7-8,11H,4-6,9-10,12-13H2,1-3H3. The van der Waals surface area contributed by atoms with Crippen molar-refractivity contribution in [2.45, 2.75) is 45.3 Å². The molecular weight excluding hydrogens is 270 g/mol. The number of halogens is 1. The molecule has 0 spiro atoms. The molecule has 1 fully saturated rings. The van der Waals surface area contributed by atoms with Gasteiger partial charge in [-0.05, 0) is 56.7 Å². The molecule has 19 heavy (non-hydrogen) atoms. The molecule has 1 heterocycles. The lowest BCUT2D eigenvalue weighted by atomic mass is 10.1. The Morgan fingerprint density at radius 2 is 1.84 bits per heavy atom. The van der Waals surface area contributed by atoms with Crippen LogP contribution in [0.2, 0.25) is 18.1 Å². The summed E-state index contributed by atoms with van der Waals surface area (Å²) in [6.45, 7) is 9.76. The third-order valence-electron chi connectivity index (χ3n) is 3.97. The highest BCUT2D eigenvalue weighted by Crippen LogP contribution is 2.23. The zero-order chi connectivity index (χ0) is 13.9. The van der Waals surface area contributed by atoms with Crippen molar-refractivity contribution in [1.82, 2.24) is 4.90 Å². The molecule has 0 unspecified atom stereocenters. The maximum absolute atomic E-state index is 6.35. The first-order valence-electron chi connectivity index (χ1n) is 7.44. The molecule has 0 radical (unpaired) electrons. The first kappa shape index (κ1) is 15.1. The molecule has 0 aliphatic carbocycles. The van der Waals surface area contributed by atoms with Gasteiger partial charge < -0.3 is 4.90 Å². The van der Waals surface area contributed by atoms with Gasteiger partial charge in [-0.3, -0.25) is 0 Å². The molecule has 0 saturated carbocycles. The zero-order valence-electron chi connectivity index (χ0n) is 12.5. The molecule has 1 nitrogen and oxygen atoms in total. The van der Waals surface area contributed by atoms with E-state index in [0.29, 0.717) is 0 Å². The maximum Gasteiger partial charge on any atom is 0.0673 e. The topological polar surface area (TPSA) is 3.24 Å².